The molecule has 0 aromatic carbocycles. The van der Waals surface area contributed by atoms with Gasteiger partial charge >= 0.3 is 0 Å². The van der Waals surface area contributed by atoms with Crippen molar-refractivity contribution in [2.75, 3.05) is 38.3 Å². The summed E-state index contributed by atoms with van der Waals surface area (Å²) in [6, 6.07) is 4.00. The van der Waals surface area contributed by atoms with Crippen molar-refractivity contribution in [3.05, 3.63) is 24.5 Å². The Kier molecular flexibility index (Phi) is 6.99. The normalized spacial score (nSPS) is 23.2. The molecule has 134 valence electrons. The summed E-state index contributed by atoms with van der Waals surface area (Å²) < 4.78 is 5.53. The molecule has 0 spiro atoms. The summed E-state index contributed by atoms with van der Waals surface area (Å²) >= 11 is 0. The number of nitrogens with two attached hydrogens (primary N) is 1. The molecule has 6 nitrogen and oxygen atoms in total. The predicted octanol–water partition coefficient (Wildman–Crippen LogP) is 1.56. The van der Waals surface area contributed by atoms with Crippen LogP contribution in [0, 0.1) is 5.41 Å². The average molecular weight is 334 g/mol. The maximum absolute atomic E-state index is 12.0. The third-order valence-electron chi connectivity index (χ3n) is 5.13. The highest BCUT2D eigenvalue weighted by Gasteiger charge is 2.39. The van der Waals surface area contributed by atoms with Crippen molar-refractivity contribution in [2.24, 2.45) is 11.1 Å². The fraction of sp³-hybridized carbons (Fsp3) is 0.667. The van der Waals surface area contributed by atoms with Gasteiger partial charge in [0.2, 0.25) is 5.91 Å². The standard InChI is InChI=1S/C18H30N4O2/c1-3-18(14-24-13-16(18)19)8-4-9-21-17(23)7-12-22(2)15-5-10-20-11-6-15/h5-6,10-11,16H,3-4,7-9,12-14,19H2,1-2H3,(H,21,23). The quantitative estimate of drug-likeness (QED) is 0.670. The Morgan fingerprint density at radius 3 is 2.88 bits per heavy atom. The van der Waals surface area contributed by atoms with Gasteiger partial charge in [-0.15, -0.1) is 0 Å². The van der Waals surface area contributed by atoms with Crippen molar-refractivity contribution in [1.82, 2.24) is 10.3 Å². The number of anilines is 1. The van der Waals surface area contributed by atoms with Gasteiger partial charge in [-0.25, -0.2) is 0 Å². The summed E-state index contributed by atoms with van der Waals surface area (Å²) in [5, 5.41) is 3.01. The molecule has 1 aromatic rings. The lowest BCUT2D eigenvalue weighted by Gasteiger charge is -2.30. The molecule has 1 aromatic heterocycles. The van der Waals surface area contributed by atoms with Crippen molar-refractivity contribution >= 4 is 11.6 Å². The summed E-state index contributed by atoms with van der Waals surface area (Å²) in [7, 11) is 1.98. The van der Waals surface area contributed by atoms with E-state index < -0.39 is 0 Å². The maximum atomic E-state index is 12.0. The van der Waals surface area contributed by atoms with Crippen LogP contribution in [0.3, 0.4) is 0 Å². The first-order valence-corrected chi connectivity index (χ1v) is 8.78. The van der Waals surface area contributed by atoms with Crippen LogP contribution in [-0.4, -0.2) is 50.3 Å². The highest BCUT2D eigenvalue weighted by atomic mass is 16.5. The first-order valence-electron chi connectivity index (χ1n) is 8.78. The van der Waals surface area contributed by atoms with Gasteiger partial charge in [0.05, 0.1) is 13.2 Å². The summed E-state index contributed by atoms with van der Waals surface area (Å²) in [5.74, 6) is 0.0911. The smallest absolute Gasteiger partial charge is 0.221 e. The molecule has 24 heavy (non-hydrogen) atoms. The Bertz CT molecular complexity index is 511. The Balaban J connectivity index is 1.63. The number of rotatable bonds is 9. The van der Waals surface area contributed by atoms with Crippen LogP contribution >= 0.6 is 0 Å². The number of carbonyl (C=O) groups is 1. The molecule has 0 saturated carbocycles. The van der Waals surface area contributed by atoms with Gasteiger partial charge in [-0.1, -0.05) is 6.92 Å². The van der Waals surface area contributed by atoms with Crippen LogP contribution in [0.4, 0.5) is 5.69 Å². The van der Waals surface area contributed by atoms with E-state index in [2.05, 4.69) is 22.1 Å². The van der Waals surface area contributed by atoms with E-state index >= 15 is 0 Å². The number of hydrogen-bond acceptors (Lipinski definition) is 5. The van der Waals surface area contributed by atoms with E-state index in [0.29, 0.717) is 26.1 Å². The summed E-state index contributed by atoms with van der Waals surface area (Å²) in [4.78, 5) is 18.0. The Hall–Kier alpha value is -1.66. The third-order valence-corrected chi connectivity index (χ3v) is 5.13. The van der Waals surface area contributed by atoms with E-state index in [4.69, 9.17) is 10.5 Å². The number of nitrogens with zero attached hydrogens (tertiary/aromatic N) is 2. The van der Waals surface area contributed by atoms with Crippen LogP contribution in [-0.2, 0) is 9.53 Å². The third kappa shape index (κ3) is 4.92. The highest BCUT2D eigenvalue weighted by molar-refractivity contribution is 5.76. The topological polar surface area (TPSA) is 80.5 Å². The van der Waals surface area contributed by atoms with Gasteiger partial charge in [0, 0.05) is 56.1 Å². The van der Waals surface area contributed by atoms with Gasteiger partial charge in [0.1, 0.15) is 0 Å². The van der Waals surface area contributed by atoms with E-state index in [1.165, 1.54) is 0 Å². The van der Waals surface area contributed by atoms with Crippen molar-refractivity contribution < 1.29 is 9.53 Å². The maximum Gasteiger partial charge on any atom is 0.221 e. The minimum Gasteiger partial charge on any atom is -0.379 e. The number of aromatic nitrogens is 1. The Labute approximate surface area is 144 Å². The molecule has 6 heteroatoms. The zero-order valence-corrected chi connectivity index (χ0v) is 14.8. The highest BCUT2D eigenvalue weighted by Crippen LogP contribution is 2.35. The average Bonchev–Trinajstić information content (AvgIpc) is 2.98. The molecule has 2 rings (SSSR count). The van der Waals surface area contributed by atoms with Crippen LogP contribution in [0.15, 0.2) is 24.5 Å². The van der Waals surface area contributed by atoms with Crippen molar-refractivity contribution in [3.8, 4) is 0 Å². The fourth-order valence-corrected chi connectivity index (χ4v) is 3.23. The van der Waals surface area contributed by atoms with E-state index in [0.717, 1.165) is 31.6 Å². The van der Waals surface area contributed by atoms with Gasteiger partial charge in [0.15, 0.2) is 0 Å². The van der Waals surface area contributed by atoms with Gasteiger partial charge < -0.3 is 20.7 Å². The second kappa shape index (κ2) is 8.99. The van der Waals surface area contributed by atoms with Crippen molar-refractivity contribution in [2.45, 2.75) is 38.6 Å². The molecule has 1 saturated heterocycles. The molecular formula is C18H30N4O2. The van der Waals surface area contributed by atoms with Gasteiger partial charge in [0.25, 0.3) is 0 Å². The molecule has 2 unspecified atom stereocenters. The zero-order valence-electron chi connectivity index (χ0n) is 14.8. The minimum absolute atomic E-state index is 0.0896. The molecule has 2 atom stereocenters. The van der Waals surface area contributed by atoms with Crippen molar-refractivity contribution in [1.29, 1.82) is 0 Å². The molecular weight excluding hydrogens is 304 g/mol. The summed E-state index contributed by atoms with van der Waals surface area (Å²) in [6.07, 6.45) is 6.97. The number of hydrogen-bond donors (Lipinski definition) is 2. The number of nitrogens with one attached hydrogen (secondary N) is 1. The second-order valence-corrected chi connectivity index (χ2v) is 6.67. The van der Waals surface area contributed by atoms with Crippen LogP contribution in [0.5, 0.6) is 0 Å². The fourth-order valence-electron chi connectivity index (χ4n) is 3.23. The monoisotopic (exact) mass is 334 g/mol. The second-order valence-electron chi connectivity index (χ2n) is 6.67. The van der Waals surface area contributed by atoms with Gasteiger partial charge in [-0.3, -0.25) is 9.78 Å². The summed E-state index contributed by atoms with van der Waals surface area (Å²) in [5.41, 5.74) is 7.34. The molecule has 3 N–H and O–H groups in total. The van der Waals surface area contributed by atoms with Gasteiger partial charge in [-0.2, -0.15) is 0 Å². The number of carbonyl (C=O) groups excluding carboxylic acids is 1. The first-order chi connectivity index (χ1) is 11.6. The molecule has 1 amide bonds. The lowest BCUT2D eigenvalue weighted by molar-refractivity contribution is -0.120. The molecule has 2 heterocycles. The van der Waals surface area contributed by atoms with E-state index in [1.807, 2.05) is 19.2 Å². The molecule has 1 aliphatic heterocycles. The van der Waals surface area contributed by atoms with E-state index in [9.17, 15) is 4.79 Å². The largest absolute Gasteiger partial charge is 0.379 e. The Morgan fingerprint density at radius 2 is 2.25 bits per heavy atom. The van der Waals surface area contributed by atoms with Crippen molar-refractivity contribution in [3.63, 3.8) is 0 Å². The van der Waals surface area contributed by atoms with Crippen LogP contribution in [0.1, 0.15) is 32.6 Å². The number of amides is 1. The van der Waals surface area contributed by atoms with Crippen LogP contribution < -0.4 is 16.0 Å². The minimum atomic E-state index is 0.0896. The molecule has 1 aliphatic rings. The lowest BCUT2D eigenvalue weighted by atomic mass is 9.77. The van der Waals surface area contributed by atoms with Gasteiger partial charge in [-0.05, 0) is 31.4 Å². The SMILES string of the molecule is CCC1(CCCNC(=O)CCN(C)c2ccncc2)COCC1N. The summed E-state index contributed by atoms with van der Waals surface area (Å²) in [6.45, 7) is 4.96. The Morgan fingerprint density at radius 1 is 1.50 bits per heavy atom. The molecule has 0 aliphatic carbocycles. The zero-order chi connectivity index (χ0) is 17.4. The molecule has 0 bridgehead atoms. The predicted molar refractivity (Wildman–Crippen MR) is 95.9 cm³/mol. The molecule has 1 fully saturated rings. The molecule has 0 radical (unpaired) electrons. The van der Waals surface area contributed by atoms with Crippen LogP contribution in [0.25, 0.3) is 0 Å². The number of ether oxygens (including phenoxy) is 1. The van der Waals surface area contributed by atoms with E-state index in [-0.39, 0.29) is 17.4 Å². The van der Waals surface area contributed by atoms with Crippen LogP contribution in [0.2, 0.25) is 0 Å². The lowest BCUT2D eigenvalue weighted by Crippen LogP contribution is -2.40. The number of pyridine rings is 1. The van der Waals surface area contributed by atoms with E-state index in [1.54, 1.807) is 12.4 Å². The first kappa shape index (κ1) is 18.7.